The van der Waals surface area contributed by atoms with Gasteiger partial charge in [-0.2, -0.15) is 13.2 Å². The maximum Gasteiger partial charge on any atom is 0.471 e. The highest BCUT2D eigenvalue weighted by Gasteiger charge is 2.38. The van der Waals surface area contributed by atoms with Gasteiger partial charge >= 0.3 is 24.3 Å². The van der Waals surface area contributed by atoms with Gasteiger partial charge in [-0.05, 0) is 41.5 Å². The first kappa shape index (κ1) is 28.0. The van der Waals surface area contributed by atoms with Crippen LogP contribution in [0.25, 0.3) is 0 Å². The summed E-state index contributed by atoms with van der Waals surface area (Å²) in [7, 11) is 0. The Bertz CT molecular complexity index is 500. The molecule has 0 atom stereocenters. The number of carbonyl (C=O) groups is 3. The molecule has 0 rings (SSSR count). The number of ether oxygens (including phenoxy) is 2. The Morgan fingerprint density at radius 1 is 0.750 bits per heavy atom. The molecular formula is C16H31F3N4O5. The zero-order valence-electron chi connectivity index (χ0n) is 17.1. The molecule has 0 saturated heterocycles. The van der Waals surface area contributed by atoms with Crippen LogP contribution in [0.15, 0.2) is 0 Å². The maximum atomic E-state index is 11.7. The number of nitrogens with one attached hydrogen (secondary N) is 3. The van der Waals surface area contributed by atoms with E-state index >= 15 is 0 Å². The SMILES string of the molecule is CC(C)(C)OC(=O)NCCN.CC(C)(C)OC(=O)NCCNC(=O)C(F)(F)F. The number of rotatable bonds is 5. The third-order valence-electron chi connectivity index (χ3n) is 2.15. The highest BCUT2D eigenvalue weighted by molar-refractivity contribution is 5.81. The van der Waals surface area contributed by atoms with Crippen molar-refractivity contribution >= 4 is 18.1 Å². The first-order valence-corrected chi connectivity index (χ1v) is 8.46. The number of nitrogens with two attached hydrogens (primary N) is 1. The van der Waals surface area contributed by atoms with E-state index in [-0.39, 0.29) is 13.1 Å². The highest BCUT2D eigenvalue weighted by atomic mass is 19.4. The van der Waals surface area contributed by atoms with Crippen LogP contribution in [0, 0.1) is 0 Å². The molecular weight excluding hydrogens is 385 g/mol. The summed E-state index contributed by atoms with van der Waals surface area (Å²) in [6.45, 7) is 10.8. The second kappa shape index (κ2) is 12.3. The second-order valence-electron chi connectivity index (χ2n) is 7.40. The summed E-state index contributed by atoms with van der Waals surface area (Å²) in [6.07, 6.45) is -6.08. The summed E-state index contributed by atoms with van der Waals surface area (Å²) in [5.74, 6) is -2.04. The van der Waals surface area contributed by atoms with Gasteiger partial charge in [0, 0.05) is 26.2 Å². The van der Waals surface area contributed by atoms with E-state index in [4.69, 9.17) is 15.2 Å². The molecule has 0 fully saturated rings. The molecule has 5 N–H and O–H groups in total. The van der Waals surface area contributed by atoms with Crippen LogP contribution in [0.3, 0.4) is 0 Å². The molecule has 0 aromatic carbocycles. The van der Waals surface area contributed by atoms with Crippen molar-refractivity contribution in [2.45, 2.75) is 58.9 Å². The first-order valence-electron chi connectivity index (χ1n) is 8.46. The summed E-state index contributed by atoms with van der Waals surface area (Å²) in [5, 5.41) is 6.31. The van der Waals surface area contributed by atoms with Gasteiger partial charge in [-0.15, -0.1) is 0 Å². The number of hydrogen-bond donors (Lipinski definition) is 4. The molecule has 0 heterocycles. The lowest BCUT2D eigenvalue weighted by Gasteiger charge is -2.19. The molecule has 0 radical (unpaired) electrons. The number of halogens is 3. The Morgan fingerprint density at radius 2 is 1.11 bits per heavy atom. The van der Waals surface area contributed by atoms with Gasteiger partial charge in [-0.1, -0.05) is 0 Å². The van der Waals surface area contributed by atoms with Gasteiger partial charge in [0.05, 0.1) is 0 Å². The summed E-state index contributed by atoms with van der Waals surface area (Å²) >= 11 is 0. The van der Waals surface area contributed by atoms with Gasteiger partial charge in [-0.3, -0.25) is 4.79 Å². The van der Waals surface area contributed by atoms with E-state index in [0.717, 1.165) is 0 Å². The van der Waals surface area contributed by atoms with Crippen molar-refractivity contribution in [2.75, 3.05) is 26.2 Å². The topological polar surface area (TPSA) is 132 Å². The van der Waals surface area contributed by atoms with Crippen molar-refractivity contribution in [3.8, 4) is 0 Å². The molecule has 28 heavy (non-hydrogen) atoms. The van der Waals surface area contributed by atoms with E-state index in [1.807, 2.05) is 20.8 Å². The average molecular weight is 416 g/mol. The van der Waals surface area contributed by atoms with Crippen LogP contribution in [-0.2, 0) is 14.3 Å². The third kappa shape index (κ3) is 20.1. The van der Waals surface area contributed by atoms with Crippen LogP contribution in [0.4, 0.5) is 22.8 Å². The van der Waals surface area contributed by atoms with Crippen molar-refractivity contribution in [2.24, 2.45) is 5.73 Å². The molecule has 0 spiro atoms. The number of carbonyl (C=O) groups excluding carboxylic acids is 3. The zero-order valence-corrected chi connectivity index (χ0v) is 17.1. The summed E-state index contributed by atoms with van der Waals surface area (Å²) < 4.78 is 45.0. The lowest BCUT2D eigenvalue weighted by Crippen LogP contribution is -2.42. The van der Waals surface area contributed by atoms with Gasteiger partial charge in [0.1, 0.15) is 11.2 Å². The lowest BCUT2D eigenvalue weighted by atomic mass is 10.2. The molecule has 166 valence electrons. The standard InChI is InChI=1S/C9H15F3N2O3.C7H16N2O2/c1-8(2,3)17-7(16)14-5-4-13-6(15)9(10,11)12;1-7(2,3)11-6(10)9-5-4-8/h4-5H2,1-3H3,(H,13,15)(H,14,16);4-5,8H2,1-3H3,(H,9,10). The minimum Gasteiger partial charge on any atom is -0.444 e. The maximum absolute atomic E-state index is 11.7. The van der Waals surface area contributed by atoms with Gasteiger partial charge in [-0.25, -0.2) is 9.59 Å². The van der Waals surface area contributed by atoms with E-state index in [2.05, 4.69) is 10.6 Å². The van der Waals surface area contributed by atoms with Crippen molar-refractivity contribution in [3.05, 3.63) is 0 Å². The van der Waals surface area contributed by atoms with Gasteiger partial charge in [0.2, 0.25) is 0 Å². The Kier molecular flexibility index (Phi) is 12.3. The van der Waals surface area contributed by atoms with E-state index in [1.165, 1.54) is 0 Å². The normalized spacial score (nSPS) is 11.5. The van der Waals surface area contributed by atoms with Crippen LogP contribution in [0.2, 0.25) is 0 Å². The molecule has 0 bridgehead atoms. The lowest BCUT2D eigenvalue weighted by molar-refractivity contribution is -0.173. The fourth-order valence-electron chi connectivity index (χ4n) is 1.24. The van der Waals surface area contributed by atoms with Gasteiger partial charge < -0.3 is 31.2 Å². The van der Waals surface area contributed by atoms with Crippen LogP contribution in [-0.4, -0.2) is 61.7 Å². The smallest absolute Gasteiger partial charge is 0.444 e. The molecule has 12 heteroatoms. The molecule has 3 amide bonds. The number of alkyl halides is 3. The van der Waals surface area contributed by atoms with Crippen LogP contribution in [0.1, 0.15) is 41.5 Å². The predicted molar refractivity (Wildman–Crippen MR) is 96.6 cm³/mol. The minimum atomic E-state index is -4.91. The first-order chi connectivity index (χ1) is 12.5. The third-order valence-corrected chi connectivity index (χ3v) is 2.15. The van der Waals surface area contributed by atoms with Crippen LogP contribution >= 0.6 is 0 Å². The molecule has 0 aromatic heterocycles. The monoisotopic (exact) mass is 416 g/mol. The molecule has 0 unspecified atom stereocenters. The van der Waals surface area contributed by atoms with Crippen molar-refractivity contribution in [3.63, 3.8) is 0 Å². The van der Waals surface area contributed by atoms with E-state index < -0.39 is 35.5 Å². The van der Waals surface area contributed by atoms with E-state index in [0.29, 0.717) is 13.1 Å². The van der Waals surface area contributed by atoms with E-state index in [1.54, 1.807) is 26.1 Å². The van der Waals surface area contributed by atoms with Crippen molar-refractivity contribution in [1.29, 1.82) is 0 Å². The molecule has 9 nitrogen and oxygen atoms in total. The average Bonchev–Trinajstić information content (AvgIpc) is 2.45. The number of alkyl carbamates (subject to hydrolysis) is 2. The van der Waals surface area contributed by atoms with Crippen molar-refractivity contribution in [1.82, 2.24) is 16.0 Å². The van der Waals surface area contributed by atoms with Crippen molar-refractivity contribution < 1.29 is 37.0 Å². The van der Waals surface area contributed by atoms with Gasteiger partial charge in [0.25, 0.3) is 0 Å². The van der Waals surface area contributed by atoms with E-state index in [9.17, 15) is 27.6 Å². The van der Waals surface area contributed by atoms with Gasteiger partial charge in [0.15, 0.2) is 0 Å². The van der Waals surface area contributed by atoms with Crippen LogP contribution in [0.5, 0.6) is 0 Å². The molecule has 0 aliphatic heterocycles. The summed E-state index contributed by atoms with van der Waals surface area (Å²) in [4.78, 5) is 32.2. The zero-order chi connectivity index (χ0) is 22.6. The Hall–Kier alpha value is -2.24. The quantitative estimate of drug-likeness (QED) is 0.504. The molecule has 0 aromatic rings. The largest absolute Gasteiger partial charge is 0.471 e. The summed E-state index contributed by atoms with van der Waals surface area (Å²) in [6, 6.07) is 0. The number of amides is 3. The highest BCUT2D eigenvalue weighted by Crippen LogP contribution is 2.13. The summed E-state index contributed by atoms with van der Waals surface area (Å²) in [5.41, 5.74) is 4.06. The number of hydrogen-bond acceptors (Lipinski definition) is 6. The minimum absolute atomic E-state index is 0.142. The Morgan fingerprint density at radius 3 is 1.43 bits per heavy atom. The fraction of sp³-hybridized carbons (Fsp3) is 0.812. The van der Waals surface area contributed by atoms with Crippen LogP contribution < -0.4 is 21.7 Å². The molecule has 0 aliphatic carbocycles. The fourth-order valence-corrected chi connectivity index (χ4v) is 1.24. The second-order valence-corrected chi connectivity index (χ2v) is 7.40. The predicted octanol–water partition coefficient (Wildman–Crippen LogP) is 1.66. The Balaban J connectivity index is 0. The molecule has 0 aliphatic rings. The molecule has 0 saturated carbocycles. The Labute approximate surface area is 162 Å².